The number of rotatable bonds is 5. The second-order valence-corrected chi connectivity index (χ2v) is 7.68. The Morgan fingerprint density at radius 1 is 1.27 bits per heavy atom. The first-order valence-corrected chi connectivity index (χ1v) is 9.26. The summed E-state index contributed by atoms with van der Waals surface area (Å²) in [4.78, 5) is 13.6. The molecule has 0 saturated carbocycles. The number of anilines is 2. The Bertz CT molecular complexity index is 593. The minimum absolute atomic E-state index is 0.670. The van der Waals surface area contributed by atoms with Crippen LogP contribution in [0.15, 0.2) is 28.6 Å². The molecule has 0 aliphatic carbocycles. The third-order valence-electron chi connectivity index (χ3n) is 3.76. The van der Waals surface area contributed by atoms with Crippen molar-refractivity contribution in [3.8, 4) is 0 Å². The molecule has 0 bridgehead atoms. The van der Waals surface area contributed by atoms with Gasteiger partial charge in [-0.2, -0.15) is 0 Å². The number of thiazole rings is 1. The normalized spacial score (nSPS) is 16.1. The number of aromatic nitrogens is 2. The van der Waals surface area contributed by atoms with Gasteiger partial charge in [-0.25, -0.2) is 9.97 Å². The second-order valence-electron chi connectivity index (χ2n) is 5.29. The van der Waals surface area contributed by atoms with E-state index in [0.717, 1.165) is 50.0 Å². The molecule has 0 radical (unpaired) electrons. The van der Waals surface area contributed by atoms with Crippen LogP contribution in [-0.4, -0.2) is 53.3 Å². The van der Waals surface area contributed by atoms with Gasteiger partial charge in [-0.15, -0.1) is 11.8 Å². The van der Waals surface area contributed by atoms with Crippen molar-refractivity contribution in [2.75, 3.05) is 49.1 Å². The largest absolute Gasteiger partial charge is 0.375 e. The molecule has 118 valence electrons. The molecule has 1 aliphatic heterocycles. The van der Waals surface area contributed by atoms with Crippen molar-refractivity contribution in [1.29, 1.82) is 0 Å². The lowest BCUT2D eigenvalue weighted by atomic mass is 10.3. The number of piperazine rings is 1. The summed E-state index contributed by atoms with van der Waals surface area (Å²) in [7, 11) is 0. The molecule has 2 aromatic rings. The van der Waals surface area contributed by atoms with Gasteiger partial charge in [0.2, 0.25) is 0 Å². The van der Waals surface area contributed by atoms with Gasteiger partial charge in [-0.05, 0) is 19.1 Å². The fraction of sp³-hybridized carbons (Fsp3) is 0.467. The van der Waals surface area contributed by atoms with Crippen LogP contribution in [0.1, 0.15) is 5.69 Å². The Morgan fingerprint density at radius 3 is 2.73 bits per heavy atom. The third kappa shape index (κ3) is 3.91. The predicted molar refractivity (Wildman–Crippen MR) is 94.9 cm³/mol. The van der Waals surface area contributed by atoms with E-state index in [1.54, 1.807) is 11.3 Å². The number of nitrogens with zero attached hydrogens (tertiary/aromatic N) is 4. The number of pyridine rings is 1. The molecule has 0 spiro atoms. The lowest BCUT2D eigenvalue weighted by Crippen LogP contribution is -2.47. The molecular formula is C15H21N5S2. The highest BCUT2D eigenvalue weighted by molar-refractivity contribution is 8.01. The molecule has 1 fully saturated rings. The Kier molecular flexibility index (Phi) is 5.17. The molecule has 5 nitrogen and oxygen atoms in total. The molecule has 3 rings (SSSR count). The van der Waals surface area contributed by atoms with Crippen LogP contribution in [0.4, 0.5) is 10.9 Å². The summed E-state index contributed by atoms with van der Waals surface area (Å²) in [6, 6.07) is 6.10. The molecule has 0 amide bonds. The van der Waals surface area contributed by atoms with Crippen LogP contribution in [0.5, 0.6) is 0 Å². The number of nitrogen functional groups attached to an aromatic ring is 1. The maximum atomic E-state index is 5.74. The summed E-state index contributed by atoms with van der Waals surface area (Å²) < 4.78 is 1.25. The van der Waals surface area contributed by atoms with Crippen molar-refractivity contribution in [1.82, 2.24) is 14.9 Å². The maximum absolute atomic E-state index is 5.74. The molecule has 2 aromatic heterocycles. The van der Waals surface area contributed by atoms with Gasteiger partial charge in [0.05, 0.1) is 9.90 Å². The Balaban J connectivity index is 1.42. The zero-order chi connectivity index (χ0) is 15.4. The molecule has 0 aromatic carbocycles. The molecular weight excluding hydrogens is 314 g/mol. The van der Waals surface area contributed by atoms with Crippen LogP contribution in [0, 0.1) is 6.92 Å². The van der Waals surface area contributed by atoms with Crippen LogP contribution in [0.25, 0.3) is 0 Å². The van der Waals surface area contributed by atoms with Crippen molar-refractivity contribution in [3.63, 3.8) is 0 Å². The van der Waals surface area contributed by atoms with E-state index in [4.69, 9.17) is 5.73 Å². The van der Waals surface area contributed by atoms with E-state index in [0.29, 0.717) is 5.13 Å². The smallest absolute Gasteiger partial charge is 0.181 e. The Hall–Kier alpha value is -1.31. The lowest BCUT2D eigenvalue weighted by Gasteiger charge is -2.35. The second kappa shape index (κ2) is 7.30. The predicted octanol–water partition coefficient (Wildman–Crippen LogP) is 2.34. The van der Waals surface area contributed by atoms with Crippen molar-refractivity contribution < 1.29 is 0 Å². The average molecular weight is 336 g/mol. The fourth-order valence-electron chi connectivity index (χ4n) is 2.55. The van der Waals surface area contributed by atoms with Gasteiger partial charge in [0, 0.05) is 44.7 Å². The highest BCUT2D eigenvalue weighted by Gasteiger charge is 2.17. The summed E-state index contributed by atoms with van der Waals surface area (Å²) in [5.74, 6) is 2.18. The number of hydrogen-bond donors (Lipinski definition) is 1. The molecule has 2 N–H and O–H groups in total. The van der Waals surface area contributed by atoms with E-state index in [-0.39, 0.29) is 0 Å². The van der Waals surface area contributed by atoms with Crippen molar-refractivity contribution in [2.45, 2.75) is 11.1 Å². The zero-order valence-corrected chi connectivity index (χ0v) is 14.4. The number of nitrogens with two attached hydrogens (primary N) is 1. The van der Waals surface area contributed by atoms with E-state index in [9.17, 15) is 0 Å². The van der Waals surface area contributed by atoms with Crippen LogP contribution in [-0.2, 0) is 0 Å². The van der Waals surface area contributed by atoms with Gasteiger partial charge in [-0.1, -0.05) is 17.4 Å². The minimum Gasteiger partial charge on any atom is -0.375 e. The minimum atomic E-state index is 0.670. The van der Waals surface area contributed by atoms with E-state index in [1.165, 1.54) is 4.21 Å². The quantitative estimate of drug-likeness (QED) is 0.847. The van der Waals surface area contributed by atoms with Gasteiger partial charge in [-0.3, -0.25) is 4.90 Å². The van der Waals surface area contributed by atoms with Crippen LogP contribution < -0.4 is 10.6 Å². The first-order valence-electron chi connectivity index (χ1n) is 7.46. The standard InChI is InChI=1S/C15H21N5S2/c1-12-14(22-15(16)18-12)21-11-10-19-6-8-20(9-7-19)13-4-2-3-5-17-13/h2-5H,6-11H2,1H3,(H2,16,18). The topological polar surface area (TPSA) is 58.3 Å². The van der Waals surface area contributed by atoms with E-state index in [1.807, 2.05) is 30.9 Å². The average Bonchev–Trinajstić information content (AvgIpc) is 2.87. The van der Waals surface area contributed by atoms with Gasteiger partial charge in [0.25, 0.3) is 0 Å². The fourth-order valence-corrected chi connectivity index (χ4v) is 4.64. The summed E-state index contributed by atoms with van der Waals surface area (Å²) in [5, 5.41) is 0.670. The first kappa shape index (κ1) is 15.6. The van der Waals surface area contributed by atoms with Crippen LogP contribution >= 0.6 is 23.1 Å². The summed E-state index contributed by atoms with van der Waals surface area (Å²) in [5.41, 5.74) is 6.80. The maximum Gasteiger partial charge on any atom is 0.181 e. The van der Waals surface area contributed by atoms with E-state index >= 15 is 0 Å². The van der Waals surface area contributed by atoms with Crippen molar-refractivity contribution in [2.24, 2.45) is 0 Å². The number of thioether (sulfide) groups is 1. The van der Waals surface area contributed by atoms with E-state index in [2.05, 4.69) is 31.9 Å². The molecule has 22 heavy (non-hydrogen) atoms. The molecule has 1 aliphatic rings. The van der Waals surface area contributed by atoms with Gasteiger partial charge in [0.15, 0.2) is 5.13 Å². The van der Waals surface area contributed by atoms with Crippen LogP contribution in [0.2, 0.25) is 0 Å². The number of aryl methyl sites for hydroxylation is 1. The van der Waals surface area contributed by atoms with Gasteiger partial charge in [0.1, 0.15) is 5.82 Å². The molecule has 0 unspecified atom stereocenters. The van der Waals surface area contributed by atoms with Crippen molar-refractivity contribution in [3.05, 3.63) is 30.1 Å². The first-order chi connectivity index (χ1) is 10.7. The summed E-state index contributed by atoms with van der Waals surface area (Å²) in [6.45, 7) is 7.43. The van der Waals surface area contributed by atoms with Crippen molar-refractivity contribution >= 4 is 34.0 Å². The monoisotopic (exact) mass is 335 g/mol. The molecule has 1 saturated heterocycles. The highest BCUT2D eigenvalue weighted by atomic mass is 32.2. The zero-order valence-electron chi connectivity index (χ0n) is 12.7. The third-order valence-corrected chi connectivity index (χ3v) is 6.09. The highest BCUT2D eigenvalue weighted by Crippen LogP contribution is 2.30. The molecule has 7 heteroatoms. The number of hydrogen-bond acceptors (Lipinski definition) is 7. The Labute approximate surface area is 139 Å². The SMILES string of the molecule is Cc1nc(N)sc1SCCN1CCN(c2ccccn2)CC1. The summed E-state index contributed by atoms with van der Waals surface area (Å²) in [6.07, 6.45) is 1.86. The van der Waals surface area contributed by atoms with Crippen LogP contribution in [0.3, 0.4) is 0 Å². The Morgan fingerprint density at radius 2 is 2.09 bits per heavy atom. The molecule has 3 heterocycles. The van der Waals surface area contributed by atoms with Gasteiger partial charge >= 0.3 is 0 Å². The lowest BCUT2D eigenvalue weighted by molar-refractivity contribution is 0.272. The molecule has 0 atom stereocenters. The van der Waals surface area contributed by atoms with Gasteiger partial charge < -0.3 is 10.6 Å². The van der Waals surface area contributed by atoms with E-state index < -0.39 is 0 Å². The summed E-state index contributed by atoms with van der Waals surface area (Å²) >= 11 is 3.46.